The number of halogens is 1. The number of esters is 1. The predicted octanol–water partition coefficient (Wildman–Crippen LogP) is -1.02. The van der Waals surface area contributed by atoms with Gasteiger partial charge in [0.15, 0.2) is 0 Å². The first-order valence-electron chi connectivity index (χ1n) is 8.27. The first-order valence-corrected chi connectivity index (χ1v) is 8.27. The van der Waals surface area contributed by atoms with Gasteiger partial charge in [-0.1, -0.05) is 32.1 Å². The van der Waals surface area contributed by atoms with Crippen molar-refractivity contribution in [2.45, 2.75) is 57.5 Å². The molecule has 132 valence electrons. The summed E-state index contributed by atoms with van der Waals surface area (Å²) < 4.78 is 9.90. The molecule has 0 aliphatic carbocycles. The van der Waals surface area contributed by atoms with E-state index in [-0.39, 0.29) is 24.5 Å². The third-order valence-corrected chi connectivity index (χ3v) is 3.97. The number of β-amino-alcohol motifs (C(OH)–C–C–N with tert-alkyl or cyclic N) is 1. The van der Waals surface area contributed by atoms with Gasteiger partial charge in [0.1, 0.15) is 0 Å². The first kappa shape index (κ1) is 21.6. The Balaban J connectivity index is 0.00000441. The molecule has 1 rings (SSSR count). The zero-order chi connectivity index (χ0) is 15.3. The van der Waals surface area contributed by atoms with Crippen LogP contribution in [0.3, 0.4) is 0 Å². The van der Waals surface area contributed by atoms with Crippen LogP contribution in [-0.4, -0.2) is 62.0 Å². The molecule has 0 amide bonds. The highest BCUT2D eigenvalue weighted by Crippen LogP contribution is 2.11. The highest BCUT2D eigenvalue weighted by Gasteiger charge is 2.14. The molecule has 1 heterocycles. The van der Waals surface area contributed by atoms with Crippen LogP contribution in [0.1, 0.15) is 51.4 Å². The summed E-state index contributed by atoms with van der Waals surface area (Å²) in [4.78, 5) is 13.2. The van der Waals surface area contributed by atoms with Gasteiger partial charge in [-0.05, 0) is 12.8 Å². The van der Waals surface area contributed by atoms with E-state index in [4.69, 9.17) is 4.74 Å². The van der Waals surface area contributed by atoms with Gasteiger partial charge in [-0.3, -0.25) is 9.69 Å². The van der Waals surface area contributed by atoms with Gasteiger partial charge in [0.2, 0.25) is 0 Å². The first-order chi connectivity index (χ1) is 10.2. The van der Waals surface area contributed by atoms with Crippen molar-refractivity contribution < 1.29 is 31.8 Å². The fourth-order valence-corrected chi connectivity index (χ4v) is 2.63. The standard InChI is InChI=1S/C16H31NO4.ClH/c1-20-16(19)9-7-5-3-2-4-6-8-15(18)14-17-10-12-21-13-11-17;/h15,18H,2-14H2,1H3;1H/p-1. The predicted molar refractivity (Wildman–Crippen MR) is 82.2 cm³/mol. The minimum Gasteiger partial charge on any atom is -1.00 e. The van der Waals surface area contributed by atoms with Gasteiger partial charge in [-0.2, -0.15) is 0 Å². The topological polar surface area (TPSA) is 59.0 Å². The molecule has 0 spiro atoms. The molecular weight excluding hydrogens is 306 g/mol. The molecule has 1 atom stereocenters. The number of nitrogens with zero attached hydrogens (tertiary/aromatic N) is 1. The number of carbonyl (C=O) groups excluding carboxylic acids is 1. The van der Waals surface area contributed by atoms with Gasteiger partial charge in [-0.25, -0.2) is 0 Å². The number of carbonyl (C=O) groups is 1. The smallest absolute Gasteiger partial charge is 0.305 e. The molecule has 1 aliphatic rings. The second-order valence-corrected chi connectivity index (χ2v) is 5.80. The van der Waals surface area contributed by atoms with Crippen molar-refractivity contribution in [1.29, 1.82) is 0 Å². The number of methoxy groups -OCH3 is 1. The fourth-order valence-electron chi connectivity index (χ4n) is 2.63. The fraction of sp³-hybridized carbons (Fsp3) is 0.938. The average molecular weight is 337 g/mol. The van der Waals surface area contributed by atoms with Gasteiger partial charge in [-0.15, -0.1) is 0 Å². The Morgan fingerprint density at radius 1 is 1.14 bits per heavy atom. The van der Waals surface area contributed by atoms with Crippen LogP contribution in [0, 0.1) is 0 Å². The maximum atomic E-state index is 10.9. The van der Waals surface area contributed by atoms with Crippen LogP contribution in [0.4, 0.5) is 0 Å². The summed E-state index contributed by atoms with van der Waals surface area (Å²) in [5, 5.41) is 10.00. The van der Waals surface area contributed by atoms with Crippen molar-refractivity contribution in [3.8, 4) is 0 Å². The summed E-state index contributed by atoms with van der Waals surface area (Å²) in [6, 6.07) is 0. The van der Waals surface area contributed by atoms with E-state index in [1.165, 1.54) is 20.0 Å². The number of morpholine rings is 1. The molecule has 0 aromatic heterocycles. The highest BCUT2D eigenvalue weighted by molar-refractivity contribution is 5.68. The SMILES string of the molecule is COC(=O)CCCCCCCCC(O)CN1CCOCC1.[Cl-]. The van der Waals surface area contributed by atoms with Crippen LogP contribution in [-0.2, 0) is 14.3 Å². The molecule has 0 radical (unpaired) electrons. The van der Waals surface area contributed by atoms with E-state index >= 15 is 0 Å². The number of rotatable bonds is 11. The van der Waals surface area contributed by atoms with E-state index in [2.05, 4.69) is 9.64 Å². The van der Waals surface area contributed by atoms with Gasteiger partial charge in [0.05, 0.1) is 26.4 Å². The number of ether oxygens (including phenoxy) is 2. The molecule has 0 aromatic carbocycles. The Hall–Kier alpha value is -0.360. The maximum Gasteiger partial charge on any atom is 0.305 e. The summed E-state index contributed by atoms with van der Waals surface area (Å²) >= 11 is 0. The Morgan fingerprint density at radius 2 is 1.73 bits per heavy atom. The average Bonchev–Trinajstić information content (AvgIpc) is 2.50. The Morgan fingerprint density at radius 3 is 2.36 bits per heavy atom. The third-order valence-electron chi connectivity index (χ3n) is 3.97. The minimum atomic E-state index is -0.206. The summed E-state index contributed by atoms with van der Waals surface area (Å²) in [7, 11) is 1.44. The summed E-state index contributed by atoms with van der Waals surface area (Å²) in [6.45, 7) is 4.24. The van der Waals surface area contributed by atoms with Crippen LogP contribution < -0.4 is 12.4 Å². The molecule has 1 saturated heterocycles. The van der Waals surface area contributed by atoms with E-state index < -0.39 is 0 Å². The van der Waals surface area contributed by atoms with Crippen LogP contribution in [0.15, 0.2) is 0 Å². The molecule has 0 bridgehead atoms. The number of aliphatic hydroxyl groups excluding tert-OH is 1. The Labute approximate surface area is 140 Å². The molecule has 0 saturated carbocycles. The van der Waals surface area contributed by atoms with Crippen molar-refractivity contribution in [1.82, 2.24) is 4.90 Å². The summed E-state index contributed by atoms with van der Waals surface area (Å²) in [5.41, 5.74) is 0. The zero-order valence-corrected chi connectivity index (χ0v) is 14.5. The van der Waals surface area contributed by atoms with E-state index in [1.54, 1.807) is 0 Å². The van der Waals surface area contributed by atoms with E-state index in [1.807, 2.05) is 0 Å². The molecule has 1 aliphatic heterocycles. The molecular formula is C16H31ClNO4-. The number of unbranched alkanes of at least 4 members (excludes halogenated alkanes) is 5. The lowest BCUT2D eigenvalue weighted by molar-refractivity contribution is -0.140. The lowest BCUT2D eigenvalue weighted by Gasteiger charge is -2.28. The zero-order valence-electron chi connectivity index (χ0n) is 13.8. The number of hydrogen-bond donors (Lipinski definition) is 1. The second kappa shape index (κ2) is 14.2. The minimum absolute atomic E-state index is 0. The molecule has 22 heavy (non-hydrogen) atoms. The van der Waals surface area contributed by atoms with E-state index in [9.17, 15) is 9.90 Å². The van der Waals surface area contributed by atoms with Gasteiger partial charge in [0, 0.05) is 26.1 Å². The summed E-state index contributed by atoms with van der Waals surface area (Å²) in [5.74, 6) is -0.110. The highest BCUT2D eigenvalue weighted by atomic mass is 35.5. The molecule has 1 fully saturated rings. The Bertz CT molecular complexity index is 273. The lowest BCUT2D eigenvalue weighted by Crippen LogP contribution is -3.00. The molecule has 1 unspecified atom stereocenters. The van der Waals surface area contributed by atoms with Crippen molar-refractivity contribution in [3.05, 3.63) is 0 Å². The third kappa shape index (κ3) is 11.2. The lowest BCUT2D eigenvalue weighted by atomic mass is 10.1. The van der Waals surface area contributed by atoms with Crippen molar-refractivity contribution >= 4 is 5.97 Å². The van der Waals surface area contributed by atoms with Crippen molar-refractivity contribution in [2.75, 3.05) is 40.0 Å². The normalized spacial score (nSPS) is 16.8. The van der Waals surface area contributed by atoms with Crippen LogP contribution in [0.5, 0.6) is 0 Å². The van der Waals surface area contributed by atoms with E-state index in [0.717, 1.165) is 65.0 Å². The monoisotopic (exact) mass is 336 g/mol. The molecule has 1 N–H and O–H groups in total. The maximum absolute atomic E-state index is 10.9. The molecule has 0 aromatic rings. The van der Waals surface area contributed by atoms with Crippen LogP contribution in [0.2, 0.25) is 0 Å². The summed E-state index contributed by atoms with van der Waals surface area (Å²) in [6.07, 6.45) is 7.83. The Kier molecular flexibility index (Phi) is 14.0. The van der Waals surface area contributed by atoms with E-state index in [0.29, 0.717) is 6.42 Å². The quantitative estimate of drug-likeness (QED) is 0.386. The van der Waals surface area contributed by atoms with Gasteiger partial charge >= 0.3 is 5.97 Å². The van der Waals surface area contributed by atoms with Crippen LogP contribution >= 0.6 is 0 Å². The van der Waals surface area contributed by atoms with Gasteiger partial charge in [0.25, 0.3) is 0 Å². The number of aliphatic hydroxyl groups is 1. The van der Waals surface area contributed by atoms with Crippen molar-refractivity contribution in [3.63, 3.8) is 0 Å². The second-order valence-electron chi connectivity index (χ2n) is 5.80. The van der Waals surface area contributed by atoms with Crippen LogP contribution in [0.25, 0.3) is 0 Å². The molecule has 6 heteroatoms. The number of hydrogen-bond acceptors (Lipinski definition) is 5. The molecule has 5 nitrogen and oxygen atoms in total. The van der Waals surface area contributed by atoms with Gasteiger partial charge < -0.3 is 27.0 Å². The largest absolute Gasteiger partial charge is 1.00 e. The van der Waals surface area contributed by atoms with Crippen molar-refractivity contribution in [2.24, 2.45) is 0 Å².